The van der Waals surface area contributed by atoms with Gasteiger partial charge in [-0.15, -0.1) is 0 Å². The first-order valence-electron chi connectivity index (χ1n) is 53.4. The molecule has 0 aromatic carbocycles. The largest absolute Gasteiger partial charge is 0.370 e. The standard InChI is InChI=1S/C98H182N32O14/c1-71(131)121-73(43-36-62-118-96(105)106)89(139)111-55-23-3-12-50-83(133)123-75(40-18-21-47-80(100)129-67-31-9-32-68-129)91(141)113-57-25-6-15-53-86(136)126-78(45-38-64-120-98(109)110)94(144)116-60-28-5-14-52-85(135)125-76(41-19-22-48-81(101)130-69-33-10-34-70-130)92(142)114-58-26-7-16-54-87(137)127-77(44-37-63-119-97(107)108)93(143)115-59-27-4-13-51-84(134)124-74(39-17-20-46-79(99)128-65-29-8-30-66-128)90(140)112-56-24-2-11-49-82(132)122-72(88(102)138)42-35-61-117-95(103)104/h72-78,99-101H,2-70H2,1H3,(H2,102,138)(H,111,139)(H,112,140)(H,113,141)(H,114,142)(H,115,143)(H,116,144)(H,121,131)(H,122,132)(H,123,133)(H,124,134)(H,125,135)(H,126,136)(H,127,137)(H4,103,104,117)(H4,105,106,118)(H4,107,108,119)(H4,109,110,120)/t72-,73-,74-,75-,76-,77-,78-/m0/s1. The van der Waals surface area contributed by atoms with Crippen LogP contribution >= 0.6 is 0 Å². The maximum absolute atomic E-state index is 13.9. The number of hydrogen-bond acceptors (Lipinski definition) is 21. The third kappa shape index (κ3) is 64.7. The van der Waals surface area contributed by atoms with Crippen LogP contribution in [0.25, 0.3) is 0 Å². The second-order valence-electron chi connectivity index (χ2n) is 38.0. The molecule has 0 aliphatic carbocycles. The average Bonchev–Trinajstić information content (AvgIpc) is 0.890. The maximum atomic E-state index is 13.9. The zero-order chi connectivity index (χ0) is 106. The van der Waals surface area contributed by atoms with E-state index in [1.54, 1.807) is 0 Å². The van der Waals surface area contributed by atoms with E-state index in [1.165, 1.54) is 6.92 Å². The quantitative estimate of drug-likeness (QED) is 0.0236. The molecule has 0 aromatic heterocycles. The highest BCUT2D eigenvalue weighted by Crippen LogP contribution is 2.20. The van der Waals surface area contributed by atoms with Crippen LogP contribution in [0.2, 0.25) is 0 Å². The van der Waals surface area contributed by atoms with Gasteiger partial charge < -0.3 is 135 Å². The smallest absolute Gasteiger partial charge is 0.242 e. The van der Waals surface area contributed by atoms with E-state index in [-0.39, 0.29) is 186 Å². The van der Waals surface area contributed by atoms with Crippen LogP contribution in [0.3, 0.4) is 0 Å². The number of nitrogens with two attached hydrogens (primary N) is 9. The number of nitrogens with zero attached hydrogens (tertiary/aromatic N) is 7. The summed E-state index contributed by atoms with van der Waals surface area (Å²) >= 11 is 0. The number of guanidine groups is 4. The Kier molecular flexibility index (Phi) is 69.6. The van der Waals surface area contributed by atoms with Crippen molar-refractivity contribution in [2.24, 2.45) is 71.6 Å². The average molecular weight is 2030 g/mol. The van der Waals surface area contributed by atoms with E-state index in [9.17, 15) is 67.1 Å². The second kappa shape index (κ2) is 79.4. The number of carbonyl (C=O) groups excluding carboxylic acids is 14. The molecule has 0 unspecified atom stereocenters. The molecule has 14 amide bonds. The van der Waals surface area contributed by atoms with Gasteiger partial charge in [-0.3, -0.25) is 103 Å². The molecule has 818 valence electrons. The van der Waals surface area contributed by atoms with Crippen LogP contribution in [-0.2, 0) is 67.1 Å². The lowest BCUT2D eigenvalue weighted by Gasteiger charge is -2.29. The van der Waals surface area contributed by atoms with Crippen molar-refractivity contribution in [2.45, 2.75) is 390 Å². The molecule has 3 saturated heterocycles. The van der Waals surface area contributed by atoms with E-state index >= 15 is 0 Å². The molecule has 3 fully saturated rings. The number of primary amides is 1. The van der Waals surface area contributed by atoms with Gasteiger partial charge in [-0.05, 0) is 225 Å². The molecule has 3 aliphatic heterocycles. The predicted octanol–water partition coefficient (Wildman–Crippen LogP) is 2.23. The number of piperidine rings is 3. The van der Waals surface area contributed by atoms with Gasteiger partial charge in [-0.25, -0.2) is 0 Å². The number of carbonyl (C=O) groups is 14. The van der Waals surface area contributed by atoms with Gasteiger partial charge in [0.25, 0.3) is 0 Å². The number of aliphatic imine (C=N–C) groups is 4. The molecular formula is C98H182N32O14. The van der Waals surface area contributed by atoms with Crippen LogP contribution < -0.4 is 121 Å². The van der Waals surface area contributed by atoms with Crippen molar-refractivity contribution in [3.63, 3.8) is 0 Å². The van der Waals surface area contributed by atoms with Crippen LogP contribution in [-0.4, -0.2) is 286 Å². The fraction of sp³-hybridized carbons (Fsp3) is 0.786. The van der Waals surface area contributed by atoms with Crippen molar-refractivity contribution in [3.8, 4) is 0 Å². The molecule has 3 heterocycles. The Balaban J connectivity index is 1.48. The number of amidine groups is 3. The number of hydrogen-bond donors (Lipinski definition) is 25. The molecule has 144 heavy (non-hydrogen) atoms. The highest BCUT2D eigenvalue weighted by atomic mass is 16.2. The molecule has 0 aromatic rings. The van der Waals surface area contributed by atoms with E-state index in [0.29, 0.717) is 268 Å². The van der Waals surface area contributed by atoms with Gasteiger partial charge in [0.1, 0.15) is 42.3 Å². The van der Waals surface area contributed by atoms with E-state index in [1.807, 2.05) is 0 Å². The van der Waals surface area contributed by atoms with Gasteiger partial charge in [0.15, 0.2) is 23.8 Å². The minimum atomic E-state index is -0.893. The van der Waals surface area contributed by atoms with Gasteiger partial charge >= 0.3 is 0 Å². The molecule has 34 N–H and O–H groups in total. The summed E-state index contributed by atoms with van der Waals surface area (Å²) in [6, 6.07) is -5.84. The summed E-state index contributed by atoms with van der Waals surface area (Å²) in [6.45, 7) is 9.30. The molecule has 3 aliphatic rings. The molecule has 46 heteroatoms. The van der Waals surface area contributed by atoms with E-state index in [2.05, 4.69) is 104 Å². The van der Waals surface area contributed by atoms with Crippen LogP contribution in [0.15, 0.2) is 20.0 Å². The summed E-state index contributed by atoms with van der Waals surface area (Å²) < 4.78 is 0. The molecule has 0 saturated carbocycles. The minimum absolute atomic E-state index is 0.0589. The van der Waals surface area contributed by atoms with Gasteiger partial charge in [-0.1, -0.05) is 57.8 Å². The van der Waals surface area contributed by atoms with Gasteiger partial charge in [0.05, 0.1) is 17.5 Å². The summed E-state index contributed by atoms with van der Waals surface area (Å²) in [6.07, 6.45) is 29.5. The van der Waals surface area contributed by atoms with Crippen molar-refractivity contribution >= 4 is 124 Å². The number of rotatable bonds is 81. The fourth-order valence-corrected chi connectivity index (χ4v) is 17.2. The van der Waals surface area contributed by atoms with Gasteiger partial charge in [0.2, 0.25) is 82.7 Å². The maximum Gasteiger partial charge on any atom is 0.242 e. The number of unbranched alkanes of at least 4 members (excludes halogenated alkanes) is 15. The Morgan fingerprint density at radius 2 is 0.410 bits per heavy atom. The molecule has 3 rings (SSSR count). The Morgan fingerprint density at radius 1 is 0.229 bits per heavy atom. The molecule has 7 atom stereocenters. The van der Waals surface area contributed by atoms with Crippen LogP contribution in [0.5, 0.6) is 0 Å². The summed E-state index contributed by atoms with van der Waals surface area (Å²) in [5.41, 5.74) is 49.3. The first-order valence-corrected chi connectivity index (χ1v) is 53.4. The molecule has 0 bridgehead atoms. The van der Waals surface area contributed by atoms with Crippen molar-refractivity contribution < 1.29 is 67.1 Å². The lowest BCUT2D eigenvalue weighted by atomic mass is 10.0. The van der Waals surface area contributed by atoms with Crippen molar-refractivity contribution in [1.29, 1.82) is 16.2 Å². The summed E-state index contributed by atoms with van der Waals surface area (Å²) in [5, 5.41) is 63.4. The number of amides is 14. The topological polar surface area (TPSA) is 760 Å². The highest BCUT2D eigenvalue weighted by molar-refractivity contribution is 5.92. The molecule has 0 radical (unpaired) electrons. The van der Waals surface area contributed by atoms with Crippen LogP contribution in [0, 0.1) is 16.2 Å². The second-order valence-corrected chi connectivity index (χ2v) is 38.0. The fourth-order valence-electron chi connectivity index (χ4n) is 17.2. The third-order valence-electron chi connectivity index (χ3n) is 25.4. The minimum Gasteiger partial charge on any atom is -0.370 e. The van der Waals surface area contributed by atoms with Gasteiger partial charge in [0, 0.05) is 169 Å². The first-order chi connectivity index (χ1) is 69.2. The lowest BCUT2D eigenvalue weighted by Crippen LogP contribution is -2.47. The van der Waals surface area contributed by atoms with Crippen molar-refractivity contribution in [2.75, 3.05) is 105 Å². The van der Waals surface area contributed by atoms with Gasteiger partial charge in [-0.2, -0.15) is 0 Å². The summed E-state index contributed by atoms with van der Waals surface area (Å²) in [7, 11) is 0. The lowest BCUT2D eigenvalue weighted by molar-refractivity contribution is -0.129. The van der Waals surface area contributed by atoms with Crippen molar-refractivity contribution in [1.82, 2.24) is 83.8 Å². The first kappa shape index (κ1) is 126. The van der Waals surface area contributed by atoms with Crippen LogP contribution in [0.4, 0.5) is 0 Å². The Labute approximate surface area is 853 Å². The Hall–Kier alpha value is -11.9. The molecule has 46 nitrogen and oxygen atoms in total. The molecular weight excluding hydrogens is 1850 g/mol. The zero-order valence-electron chi connectivity index (χ0n) is 86.4. The summed E-state index contributed by atoms with van der Waals surface area (Å²) in [4.78, 5) is 207. The Bertz CT molecular complexity index is 3950. The predicted molar refractivity (Wildman–Crippen MR) is 562 cm³/mol. The normalized spacial score (nSPS) is 14.3. The van der Waals surface area contributed by atoms with Crippen LogP contribution in [0.1, 0.15) is 347 Å². The number of likely N-dealkylation sites (tertiary alicyclic amines) is 3. The monoisotopic (exact) mass is 2030 g/mol. The SMILES string of the molecule is CC(=O)N[C@@H](CCCN=C(N)N)C(=O)NCCCCCC(=O)N[C@@H](CCCCC(=N)N1CCCCC1)C(=O)NCCCCCC(=O)N[C@@H](CCCN=C(N)N)C(=O)NCCCCCC(=O)N[C@@H](CCCCC(=N)N1CCCCC1)C(=O)NCCCCCC(=O)N[C@@H](CCCN=C(N)N)C(=O)NCCCCCC(=O)N[C@@H](CCCCC(=N)N1CCCCC1)C(=O)NCCCCCC(=O)N[C@@H](CCCN=C(N)N)C(N)=O. The molecule has 0 spiro atoms. The van der Waals surface area contributed by atoms with E-state index < -0.39 is 60.0 Å². The van der Waals surface area contributed by atoms with E-state index in [4.69, 9.17) is 67.8 Å². The third-order valence-corrected chi connectivity index (χ3v) is 25.4. The zero-order valence-corrected chi connectivity index (χ0v) is 86.4. The van der Waals surface area contributed by atoms with Crippen molar-refractivity contribution in [3.05, 3.63) is 0 Å². The Morgan fingerprint density at radius 3 is 0.604 bits per heavy atom. The number of nitrogens with one attached hydrogen (secondary N) is 16. The summed E-state index contributed by atoms with van der Waals surface area (Å²) in [5.74, 6) is -3.63. The highest BCUT2D eigenvalue weighted by Gasteiger charge is 2.29. The van der Waals surface area contributed by atoms with E-state index in [0.717, 1.165) is 97.1 Å².